The maximum atomic E-state index is 5.66. The van der Waals surface area contributed by atoms with Crippen molar-refractivity contribution in [2.75, 3.05) is 6.61 Å². The Morgan fingerprint density at radius 2 is 2.35 bits per heavy atom. The number of hydrogen-bond acceptors (Lipinski definition) is 3. The third-order valence-electron chi connectivity index (χ3n) is 3.99. The second kappa shape index (κ2) is 7.14. The SMILES string of the molecule is NNC(CCC1CCCO1)CC1=CCCCC1. The van der Waals surface area contributed by atoms with Crippen molar-refractivity contribution < 1.29 is 4.74 Å². The van der Waals surface area contributed by atoms with Crippen molar-refractivity contribution in [3.63, 3.8) is 0 Å². The van der Waals surface area contributed by atoms with Crippen LogP contribution >= 0.6 is 0 Å². The molecule has 1 heterocycles. The number of rotatable bonds is 6. The molecule has 0 bridgehead atoms. The summed E-state index contributed by atoms with van der Waals surface area (Å²) in [6.45, 7) is 0.955. The first kappa shape index (κ1) is 13.1. The standard InChI is InChI=1S/C14H26N2O/c15-16-13(8-9-14-7-4-10-17-14)11-12-5-2-1-3-6-12/h5,13-14,16H,1-4,6-11,15H2. The number of hydrogen-bond donors (Lipinski definition) is 2. The summed E-state index contributed by atoms with van der Waals surface area (Å²) in [5.41, 5.74) is 4.58. The van der Waals surface area contributed by atoms with Gasteiger partial charge >= 0.3 is 0 Å². The van der Waals surface area contributed by atoms with Gasteiger partial charge in [-0.1, -0.05) is 11.6 Å². The lowest BCUT2D eigenvalue weighted by molar-refractivity contribution is 0.0995. The van der Waals surface area contributed by atoms with Crippen molar-refractivity contribution in [3.05, 3.63) is 11.6 Å². The topological polar surface area (TPSA) is 47.3 Å². The maximum absolute atomic E-state index is 5.66. The monoisotopic (exact) mass is 238 g/mol. The van der Waals surface area contributed by atoms with E-state index in [9.17, 15) is 0 Å². The number of ether oxygens (including phenoxy) is 1. The van der Waals surface area contributed by atoms with Gasteiger partial charge in [0.2, 0.25) is 0 Å². The van der Waals surface area contributed by atoms with Crippen LogP contribution in [0.5, 0.6) is 0 Å². The largest absolute Gasteiger partial charge is 0.378 e. The summed E-state index contributed by atoms with van der Waals surface area (Å²) in [6, 6.07) is 0.434. The van der Waals surface area contributed by atoms with E-state index in [0.29, 0.717) is 12.1 Å². The van der Waals surface area contributed by atoms with Gasteiger partial charge in [-0.05, 0) is 57.8 Å². The number of nitrogens with two attached hydrogens (primary N) is 1. The van der Waals surface area contributed by atoms with Gasteiger partial charge in [0.25, 0.3) is 0 Å². The summed E-state index contributed by atoms with van der Waals surface area (Å²) in [5, 5.41) is 0. The Hall–Kier alpha value is -0.380. The lowest BCUT2D eigenvalue weighted by Gasteiger charge is -2.21. The average Bonchev–Trinajstić information content (AvgIpc) is 2.89. The molecule has 2 unspecified atom stereocenters. The van der Waals surface area contributed by atoms with Crippen LogP contribution in [0.4, 0.5) is 0 Å². The summed E-state index contributed by atoms with van der Waals surface area (Å²) in [6.07, 6.45) is 14.1. The van der Waals surface area contributed by atoms with Gasteiger partial charge < -0.3 is 4.74 Å². The summed E-state index contributed by atoms with van der Waals surface area (Å²) in [5.74, 6) is 5.66. The lowest BCUT2D eigenvalue weighted by atomic mass is 9.92. The molecule has 17 heavy (non-hydrogen) atoms. The smallest absolute Gasteiger partial charge is 0.0576 e. The highest BCUT2D eigenvalue weighted by Gasteiger charge is 2.18. The Morgan fingerprint density at radius 3 is 3.00 bits per heavy atom. The molecule has 0 aromatic heterocycles. The first-order valence-corrected chi connectivity index (χ1v) is 7.14. The van der Waals surface area contributed by atoms with Crippen molar-refractivity contribution in [2.24, 2.45) is 5.84 Å². The van der Waals surface area contributed by atoms with E-state index in [2.05, 4.69) is 11.5 Å². The Labute approximate surface area is 105 Å². The Bertz CT molecular complexity index is 247. The van der Waals surface area contributed by atoms with Gasteiger partial charge in [-0.15, -0.1) is 0 Å². The Kier molecular flexibility index (Phi) is 5.49. The van der Waals surface area contributed by atoms with Crippen LogP contribution in [-0.4, -0.2) is 18.8 Å². The molecule has 98 valence electrons. The van der Waals surface area contributed by atoms with Crippen molar-refractivity contribution in [2.45, 2.75) is 69.9 Å². The summed E-state index contributed by atoms with van der Waals surface area (Å²) >= 11 is 0. The fourth-order valence-corrected chi connectivity index (χ4v) is 2.91. The van der Waals surface area contributed by atoms with Crippen LogP contribution in [0.2, 0.25) is 0 Å². The van der Waals surface area contributed by atoms with Gasteiger partial charge in [0.15, 0.2) is 0 Å². The lowest BCUT2D eigenvalue weighted by Crippen LogP contribution is -2.36. The summed E-state index contributed by atoms with van der Waals surface area (Å²) in [7, 11) is 0. The predicted molar refractivity (Wildman–Crippen MR) is 70.5 cm³/mol. The van der Waals surface area contributed by atoms with Gasteiger partial charge in [0, 0.05) is 12.6 Å². The molecule has 2 rings (SSSR count). The van der Waals surface area contributed by atoms with Gasteiger partial charge in [0.05, 0.1) is 6.10 Å². The molecule has 3 N–H and O–H groups in total. The molecule has 0 spiro atoms. The van der Waals surface area contributed by atoms with Crippen molar-refractivity contribution >= 4 is 0 Å². The van der Waals surface area contributed by atoms with Gasteiger partial charge in [-0.3, -0.25) is 11.3 Å². The molecule has 0 amide bonds. The molecular formula is C14H26N2O. The molecule has 2 aliphatic rings. The highest BCUT2D eigenvalue weighted by Crippen LogP contribution is 2.24. The highest BCUT2D eigenvalue weighted by atomic mass is 16.5. The molecule has 1 aliphatic carbocycles. The number of allylic oxidation sites excluding steroid dienone is 1. The molecule has 1 fully saturated rings. The minimum atomic E-state index is 0.434. The molecule has 0 aromatic rings. The second-order valence-corrected chi connectivity index (χ2v) is 5.39. The fraction of sp³-hybridized carbons (Fsp3) is 0.857. The van der Waals surface area contributed by atoms with Gasteiger partial charge in [-0.2, -0.15) is 0 Å². The molecular weight excluding hydrogens is 212 g/mol. The van der Waals surface area contributed by atoms with Crippen LogP contribution in [0.25, 0.3) is 0 Å². The zero-order chi connectivity index (χ0) is 11.9. The van der Waals surface area contributed by atoms with Gasteiger partial charge in [0.1, 0.15) is 0 Å². The van der Waals surface area contributed by atoms with Crippen molar-refractivity contribution in [3.8, 4) is 0 Å². The van der Waals surface area contributed by atoms with E-state index in [1.807, 2.05) is 0 Å². The predicted octanol–water partition coefficient (Wildman–Crippen LogP) is 2.67. The van der Waals surface area contributed by atoms with E-state index in [0.717, 1.165) is 25.9 Å². The van der Waals surface area contributed by atoms with E-state index < -0.39 is 0 Å². The van der Waals surface area contributed by atoms with E-state index >= 15 is 0 Å². The van der Waals surface area contributed by atoms with E-state index in [1.165, 1.54) is 38.5 Å². The fourth-order valence-electron chi connectivity index (χ4n) is 2.91. The molecule has 3 heteroatoms. The zero-order valence-corrected chi connectivity index (χ0v) is 10.8. The second-order valence-electron chi connectivity index (χ2n) is 5.39. The first-order valence-electron chi connectivity index (χ1n) is 7.14. The molecule has 0 saturated carbocycles. The van der Waals surface area contributed by atoms with Crippen molar-refractivity contribution in [1.82, 2.24) is 5.43 Å². The minimum Gasteiger partial charge on any atom is -0.378 e. The van der Waals surface area contributed by atoms with Crippen LogP contribution in [0.15, 0.2) is 11.6 Å². The van der Waals surface area contributed by atoms with Crippen LogP contribution in [-0.2, 0) is 4.74 Å². The zero-order valence-electron chi connectivity index (χ0n) is 10.8. The third-order valence-corrected chi connectivity index (χ3v) is 3.99. The van der Waals surface area contributed by atoms with Crippen molar-refractivity contribution in [1.29, 1.82) is 0 Å². The van der Waals surface area contributed by atoms with E-state index in [-0.39, 0.29) is 0 Å². The Morgan fingerprint density at radius 1 is 1.41 bits per heavy atom. The molecule has 1 aliphatic heterocycles. The average molecular weight is 238 g/mol. The summed E-state index contributed by atoms with van der Waals surface area (Å²) in [4.78, 5) is 0. The van der Waals surface area contributed by atoms with Crippen LogP contribution < -0.4 is 11.3 Å². The molecule has 0 aromatic carbocycles. The number of nitrogens with one attached hydrogen (secondary N) is 1. The van der Waals surface area contributed by atoms with Crippen LogP contribution in [0.1, 0.15) is 57.8 Å². The Balaban J connectivity index is 1.69. The maximum Gasteiger partial charge on any atom is 0.0576 e. The molecule has 1 saturated heterocycles. The minimum absolute atomic E-state index is 0.434. The highest BCUT2D eigenvalue weighted by molar-refractivity contribution is 5.06. The van der Waals surface area contributed by atoms with Gasteiger partial charge in [-0.25, -0.2) is 0 Å². The number of hydrazine groups is 1. The normalized spacial score (nSPS) is 26.9. The van der Waals surface area contributed by atoms with Crippen LogP contribution in [0.3, 0.4) is 0 Å². The molecule has 0 radical (unpaired) electrons. The quantitative estimate of drug-likeness (QED) is 0.425. The molecule has 2 atom stereocenters. The third kappa shape index (κ3) is 4.41. The molecule has 3 nitrogen and oxygen atoms in total. The first-order chi connectivity index (χ1) is 8.38. The van der Waals surface area contributed by atoms with Crippen LogP contribution in [0, 0.1) is 0 Å². The van der Waals surface area contributed by atoms with E-state index in [4.69, 9.17) is 10.6 Å². The van der Waals surface area contributed by atoms with E-state index in [1.54, 1.807) is 5.57 Å². The summed E-state index contributed by atoms with van der Waals surface area (Å²) < 4.78 is 5.65.